The molecule has 2 fully saturated rings. The zero-order valence-electron chi connectivity index (χ0n) is 24.7. The van der Waals surface area contributed by atoms with Crippen molar-refractivity contribution in [2.75, 3.05) is 26.2 Å². The number of esters is 1. The van der Waals surface area contributed by atoms with E-state index in [1.807, 2.05) is 13.0 Å². The Labute approximate surface area is 237 Å². The molecule has 10 heteroatoms. The first-order chi connectivity index (χ1) is 18.8. The fourth-order valence-electron chi connectivity index (χ4n) is 8.49. The van der Waals surface area contributed by atoms with Crippen LogP contribution in [0.4, 0.5) is 0 Å². The van der Waals surface area contributed by atoms with E-state index in [4.69, 9.17) is 18.5 Å². The standard InChI is InChI=1S/C30H45O9P/c1-7-26(34)39-30(25(33)17-36-18-40(35,37-8-2)38-9-3)13-11-22-21-14-19(4)23-15-20(31)10-12-28(23,5)27(21)24(32)16-29(22,30)6/h10,12,21-22,24,27,32H,7-9,11,13-18H2,1-6H3/t21-,22-,24-,27+,28-,29-,30-/m0/s1. The normalized spacial score (nSPS) is 37.1. The van der Waals surface area contributed by atoms with Crippen molar-refractivity contribution in [3.05, 3.63) is 23.3 Å². The van der Waals surface area contributed by atoms with E-state index < -0.39 is 48.5 Å². The summed E-state index contributed by atoms with van der Waals surface area (Å²) in [6.07, 6.45) is 4.93. The second kappa shape index (κ2) is 11.6. The molecule has 4 aliphatic carbocycles. The lowest BCUT2D eigenvalue weighted by atomic mass is 9.46. The van der Waals surface area contributed by atoms with E-state index in [0.29, 0.717) is 19.3 Å². The third-order valence-corrected chi connectivity index (χ3v) is 11.9. The number of hydrogen-bond acceptors (Lipinski definition) is 9. The minimum absolute atomic E-state index is 0.00630. The van der Waals surface area contributed by atoms with E-state index in [0.717, 1.165) is 12.0 Å². The van der Waals surface area contributed by atoms with Crippen LogP contribution in [0.2, 0.25) is 0 Å². The summed E-state index contributed by atoms with van der Waals surface area (Å²) in [6.45, 7) is 11.2. The van der Waals surface area contributed by atoms with Crippen LogP contribution in [0.5, 0.6) is 0 Å². The third-order valence-electron chi connectivity index (χ3n) is 10.1. The lowest BCUT2D eigenvalue weighted by molar-refractivity contribution is -0.199. The smallest absolute Gasteiger partial charge is 0.356 e. The lowest BCUT2D eigenvalue weighted by Crippen LogP contribution is -2.63. The Balaban J connectivity index is 1.66. The van der Waals surface area contributed by atoms with E-state index in [9.17, 15) is 24.1 Å². The van der Waals surface area contributed by atoms with Gasteiger partial charge in [-0.15, -0.1) is 0 Å². The summed E-state index contributed by atoms with van der Waals surface area (Å²) < 4.78 is 35.1. The molecule has 0 aromatic heterocycles. The van der Waals surface area contributed by atoms with Crippen molar-refractivity contribution in [2.24, 2.45) is 28.6 Å². The predicted octanol–water partition coefficient (Wildman–Crippen LogP) is 5.16. The van der Waals surface area contributed by atoms with Crippen LogP contribution >= 0.6 is 7.60 Å². The Kier molecular flexibility index (Phi) is 9.05. The van der Waals surface area contributed by atoms with Crippen molar-refractivity contribution in [1.82, 2.24) is 0 Å². The SMILES string of the molecule is CCOP(=O)(COCC(=O)[C@@]1(OC(=O)CC)CC[C@H]2[C@@H]3CC(C)=C4CC(=O)C=C[C@]4(C)[C@H]3[C@@H](O)C[C@@]21C)OCC. The molecule has 0 unspecified atom stereocenters. The molecule has 2 saturated carbocycles. The molecule has 0 heterocycles. The summed E-state index contributed by atoms with van der Waals surface area (Å²) in [7, 11) is -3.53. The second-order valence-corrected chi connectivity index (χ2v) is 14.2. The highest BCUT2D eigenvalue weighted by molar-refractivity contribution is 7.53. The van der Waals surface area contributed by atoms with Gasteiger partial charge < -0.3 is 23.6 Å². The number of aliphatic hydroxyl groups is 1. The van der Waals surface area contributed by atoms with Crippen LogP contribution in [0.25, 0.3) is 0 Å². The van der Waals surface area contributed by atoms with Crippen LogP contribution in [0.1, 0.15) is 80.1 Å². The second-order valence-electron chi connectivity index (χ2n) is 12.2. The van der Waals surface area contributed by atoms with Crippen molar-refractivity contribution < 1.29 is 42.6 Å². The molecule has 0 bridgehead atoms. The van der Waals surface area contributed by atoms with E-state index >= 15 is 0 Å². The average molecular weight is 581 g/mol. The Bertz CT molecular complexity index is 1130. The fraction of sp³-hybridized carbons (Fsp3) is 0.767. The van der Waals surface area contributed by atoms with Gasteiger partial charge in [-0.25, -0.2) is 0 Å². The fourth-order valence-corrected chi connectivity index (χ4v) is 9.81. The maximum atomic E-state index is 14.0. The molecule has 4 rings (SSSR count). The largest absolute Gasteiger partial charge is 0.450 e. The van der Waals surface area contributed by atoms with Crippen LogP contribution in [-0.4, -0.2) is 60.5 Å². The van der Waals surface area contributed by atoms with Gasteiger partial charge in [0.2, 0.25) is 5.78 Å². The van der Waals surface area contributed by atoms with Gasteiger partial charge in [-0.2, -0.15) is 0 Å². The first-order valence-electron chi connectivity index (χ1n) is 14.6. The zero-order chi connectivity index (χ0) is 29.5. The monoisotopic (exact) mass is 580 g/mol. The molecule has 4 aliphatic rings. The van der Waals surface area contributed by atoms with Crippen molar-refractivity contribution in [3.8, 4) is 0 Å². The Morgan fingerprint density at radius 3 is 2.45 bits per heavy atom. The van der Waals surface area contributed by atoms with Gasteiger partial charge in [0, 0.05) is 29.6 Å². The van der Waals surface area contributed by atoms with Gasteiger partial charge in [-0.05, 0) is 64.4 Å². The van der Waals surface area contributed by atoms with Crippen LogP contribution in [0.3, 0.4) is 0 Å². The molecule has 1 N–H and O–H groups in total. The summed E-state index contributed by atoms with van der Waals surface area (Å²) in [5.74, 6) is -0.859. The van der Waals surface area contributed by atoms with Crippen LogP contribution < -0.4 is 0 Å². The van der Waals surface area contributed by atoms with Crippen LogP contribution in [0, 0.1) is 28.6 Å². The highest BCUT2D eigenvalue weighted by Gasteiger charge is 2.70. The summed E-state index contributed by atoms with van der Waals surface area (Å²) in [6, 6.07) is 0. The van der Waals surface area contributed by atoms with E-state index in [1.165, 1.54) is 5.57 Å². The number of rotatable bonds is 11. The molecule has 9 nitrogen and oxygen atoms in total. The molecule has 0 aromatic carbocycles. The molecule has 0 saturated heterocycles. The molecule has 0 radical (unpaired) electrons. The van der Waals surface area contributed by atoms with Gasteiger partial charge in [0.15, 0.2) is 11.4 Å². The molecular formula is C30H45O9P. The Morgan fingerprint density at radius 1 is 1.15 bits per heavy atom. The number of ketones is 2. The number of carbonyl (C=O) groups excluding carboxylic acids is 3. The van der Waals surface area contributed by atoms with Gasteiger partial charge >= 0.3 is 13.6 Å². The first kappa shape index (κ1) is 31.3. The molecule has 0 aliphatic heterocycles. The van der Waals surface area contributed by atoms with Crippen LogP contribution in [-0.2, 0) is 37.5 Å². The third kappa shape index (κ3) is 5.11. The maximum Gasteiger partial charge on any atom is 0.356 e. The first-order valence-corrected chi connectivity index (χ1v) is 16.3. The predicted molar refractivity (Wildman–Crippen MR) is 148 cm³/mol. The summed E-state index contributed by atoms with van der Waals surface area (Å²) in [5, 5.41) is 11.8. The highest BCUT2D eigenvalue weighted by Crippen LogP contribution is 2.68. The maximum absolute atomic E-state index is 14.0. The highest BCUT2D eigenvalue weighted by atomic mass is 31.2. The molecule has 0 aromatic rings. The average Bonchev–Trinajstić information content (AvgIpc) is 3.17. The number of carbonyl (C=O) groups is 3. The Hall–Kier alpha value is -1.64. The van der Waals surface area contributed by atoms with Crippen molar-refractivity contribution in [2.45, 2.75) is 91.8 Å². The number of Topliss-reactive ketones (excluding diaryl/α,β-unsaturated/α-hetero) is 1. The minimum Gasteiger partial charge on any atom is -0.450 e. The van der Waals surface area contributed by atoms with E-state index in [-0.39, 0.29) is 55.9 Å². The van der Waals surface area contributed by atoms with E-state index in [1.54, 1.807) is 26.8 Å². The number of ether oxygens (including phenoxy) is 2. The minimum atomic E-state index is -3.53. The summed E-state index contributed by atoms with van der Waals surface area (Å²) in [4.78, 5) is 39.1. The number of fused-ring (bicyclic) bond motifs is 5. The quantitative estimate of drug-likeness (QED) is 0.200. The molecule has 0 spiro atoms. The topological polar surface area (TPSA) is 125 Å². The van der Waals surface area contributed by atoms with Gasteiger partial charge in [0.05, 0.1) is 19.3 Å². The van der Waals surface area contributed by atoms with Crippen molar-refractivity contribution in [1.29, 1.82) is 0 Å². The van der Waals surface area contributed by atoms with Gasteiger partial charge in [-0.3, -0.25) is 18.9 Å². The molecule has 224 valence electrons. The molecule has 7 atom stereocenters. The Morgan fingerprint density at radius 2 is 1.82 bits per heavy atom. The molecular weight excluding hydrogens is 535 g/mol. The van der Waals surface area contributed by atoms with E-state index in [2.05, 4.69) is 13.8 Å². The molecule has 40 heavy (non-hydrogen) atoms. The number of allylic oxidation sites excluding steroid dienone is 4. The lowest BCUT2D eigenvalue weighted by Gasteiger charge is -2.60. The van der Waals surface area contributed by atoms with Gasteiger partial charge in [0.1, 0.15) is 13.0 Å². The van der Waals surface area contributed by atoms with Gasteiger partial charge in [0.25, 0.3) is 0 Å². The van der Waals surface area contributed by atoms with Crippen molar-refractivity contribution in [3.63, 3.8) is 0 Å². The van der Waals surface area contributed by atoms with Crippen molar-refractivity contribution >= 4 is 25.1 Å². The summed E-state index contributed by atoms with van der Waals surface area (Å²) >= 11 is 0. The van der Waals surface area contributed by atoms with Gasteiger partial charge in [-0.1, -0.05) is 38.0 Å². The number of hydrogen-bond donors (Lipinski definition) is 1. The molecule has 0 amide bonds. The van der Waals surface area contributed by atoms with Crippen LogP contribution in [0.15, 0.2) is 23.3 Å². The number of aliphatic hydroxyl groups excluding tert-OH is 1. The zero-order valence-corrected chi connectivity index (χ0v) is 25.6. The summed E-state index contributed by atoms with van der Waals surface area (Å²) in [5.41, 5.74) is -0.485.